The predicted molar refractivity (Wildman–Crippen MR) is 95.6 cm³/mol. The average Bonchev–Trinajstić information content (AvgIpc) is 2.65. The van der Waals surface area contributed by atoms with Gasteiger partial charge in [0.05, 0.1) is 0 Å². The van der Waals surface area contributed by atoms with Crippen LogP contribution in [0.15, 0.2) is 80.8 Å². The Labute approximate surface area is 152 Å². The molecule has 0 atom stereocenters. The smallest absolute Gasteiger partial charge is 0.264 e. The molecule has 8 nitrogen and oxygen atoms in total. The molecule has 0 aromatic heterocycles. The van der Waals surface area contributed by atoms with Gasteiger partial charge in [0.1, 0.15) is 21.2 Å². The predicted octanol–water partition coefficient (Wildman–Crippen LogP) is 2.55. The minimum atomic E-state index is -4.08. The maximum Gasteiger partial charge on any atom is 0.358 e. The zero-order chi connectivity index (χ0) is 19.2. The number of hydrogen-bond acceptors (Lipinski definition) is 8. The van der Waals surface area contributed by atoms with Crippen molar-refractivity contribution in [2.45, 2.75) is 23.6 Å². The highest BCUT2D eigenvalue weighted by atomic mass is 32.2. The highest BCUT2D eigenvalue weighted by Crippen LogP contribution is 2.13. The van der Waals surface area contributed by atoms with Gasteiger partial charge < -0.3 is 0 Å². The second kappa shape index (κ2) is 8.11. The fourth-order valence-corrected chi connectivity index (χ4v) is 3.18. The van der Waals surface area contributed by atoms with E-state index < -0.39 is 20.2 Å². The van der Waals surface area contributed by atoms with Gasteiger partial charge in [-0.25, -0.2) is 0 Å². The molecule has 0 aliphatic carbocycles. The first kappa shape index (κ1) is 19.6. The molecule has 0 aliphatic rings. The lowest BCUT2D eigenvalue weighted by atomic mass is 10.3. The fourth-order valence-electron chi connectivity index (χ4n) is 1.60. The van der Waals surface area contributed by atoms with Crippen molar-refractivity contribution >= 4 is 31.7 Å². The molecule has 0 N–H and O–H groups in total. The molecule has 0 unspecified atom stereocenters. The molecule has 2 aromatic carbocycles. The first-order chi connectivity index (χ1) is 12.2. The summed E-state index contributed by atoms with van der Waals surface area (Å²) in [4.78, 5) is -0.122. The van der Waals surface area contributed by atoms with Gasteiger partial charge in [-0.3, -0.25) is 8.57 Å². The molecule has 2 rings (SSSR count). The number of hydrogen-bond donors (Lipinski definition) is 0. The van der Waals surface area contributed by atoms with Crippen LogP contribution in [-0.4, -0.2) is 28.3 Å². The second-order valence-corrected chi connectivity index (χ2v) is 8.09. The molecular formula is C16H16N2O6S2. The van der Waals surface area contributed by atoms with Gasteiger partial charge in [0.2, 0.25) is 0 Å². The number of rotatable bonds is 7. The van der Waals surface area contributed by atoms with Gasteiger partial charge >= 0.3 is 20.2 Å². The summed E-state index contributed by atoms with van der Waals surface area (Å²) >= 11 is 0. The van der Waals surface area contributed by atoms with Crippen molar-refractivity contribution in [2.75, 3.05) is 0 Å². The molecule has 0 radical (unpaired) electrons. The summed E-state index contributed by atoms with van der Waals surface area (Å²) in [5.74, 6) is 0. The molecule has 0 aliphatic heterocycles. The molecule has 0 saturated carbocycles. The first-order valence-corrected chi connectivity index (χ1v) is 10.1. The second-order valence-electron chi connectivity index (χ2n) is 5.04. The normalized spacial score (nSPS) is 13.3. The van der Waals surface area contributed by atoms with Crippen molar-refractivity contribution < 1.29 is 25.4 Å². The summed E-state index contributed by atoms with van der Waals surface area (Å²) in [6.07, 6.45) is 0. The van der Waals surface area contributed by atoms with Crippen molar-refractivity contribution in [1.29, 1.82) is 0 Å². The Hall–Kier alpha value is -2.72. The SMILES string of the molecule is CC(=NOS(=O)(=O)c1ccccc1)C(C)=NOS(=O)(=O)c1ccccc1. The summed E-state index contributed by atoms with van der Waals surface area (Å²) in [7, 11) is -8.15. The molecule has 0 amide bonds. The Morgan fingerprint density at radius 1 is 0.654 bits per heavy atom. The van der Waals surface area contributed by atoms with Crippen LogP contribution in [0.25, 0.3) is 0 Å². The van der Waals surface area contributed by atoms with Gasteiger partial charge in [-0.15, -0.1) is 0 Å². The summed E-state index contributed by atoms with van der Waals surface area (Å²) in [6, 6.07) is 14.9. The zero-order valence-electron chi connectivity index (χ0n) is 13.9. The van der Waals surface area contributed by atoms with Crippen molar-refractivity contribution in [3.8, 4) is 0 Å². The van der Waals surface area contributed by atoms with E-state index in [4.69, 9.17) is 0 Å². The van der Waals surface area contributed by atoms with Gasteiger partial charge in [0, 0.05) is 0 Å². The lowest BCUT2D eigenvalue weighted by Crippen LogP contribution is -2.11. The third-order valence-electron chi connectivity index (χ3n) is 3.13. The molecule has 0 saturated heterocycles. The van der Waals surface area contributed by atoms with Gasteiger partial charge in [-0.2, -0.15) is 16.8 Å². The van der Waals surface area contributed by atoms with Crippen LogP contribution in [0.2, 0.25) is 0 Å². The maximum atomic E-state index is 12.0. The summed E-state index contributed by atoms with van der Waals surface area (Å²) in [6.45, 7) is 2.80. The van der Waals surface area contributed by atoms with E-state index in [1.807, 2.05) is 0 Å². The van der Waals surface area contributed by atoms with E-state index in [9.17, 15) is 16.8 Å². The van der Waals surface area contributed by atoms with E-state index in [1.54, 1.807) is 36.4 Å². The van der Waals surface area contributed by atoms with Gasteiger partial charge in [-0.1, -0.05) is 46.7 Å². The lowest BCUT2D eigenvalue weighted by Gasteiger charge is -2.04. The quantitative estimate of drug-likeness (QED) is 0.525. The molecular weight excluding hydrogens is 380 g/mol. The van der Waals surface area contributed by atoms with E-state index in [1.165, 1.54) is 38.1 Å². The van der Waals surface area contributed by atoms with Crippen molar-refractivity contribution in [3.63, 3.8) is 0 Å². The highest BCUT2D eigenvalue weighted by Gasteiger charge is 2.17. The van der Waals surface area contributed by atoms with E-state index in [-0.39, 0.29) is 21.2 Å². The first-order valence-electron chi connectivity index (χ1n) is 7.29. The van der Waals surface area contributed by atoms with Crippen LogP contribution >= 0.6 is 0 Å². The van der Waals surface area contributed by atoms with Crippen LogP contribution in [0.4, 0.5) is 0 Å². The molecule has 0 bridgehead atoms. The van der Waals surface area contributed by atoms with Crippen LogP contribution < -0.4 is 0 Å². The summed E-state index contributed by atoms with van der Waals surface area (Å²) < 4.78 is 57.0. The van der Waals surface area contributed by atoms with Crippen LogP contribution in [0.1, 0.15) is 13.8 Å². The van der Waals surface area contributed by atoms with Crippen LogP contribution in [0.3, 0.4) is 0 Å². The number of oxime groups is 2. The monoisotopic (exact) mass is 396 g/mol. The number of nitrogens with zero attached hydrogens (tertiary/aromatic N) is 2. The van der Waals surface area contributed by atoms with Crippen LogP contribution in [-0.2, 0) is 28.8 Å². The van der Waals surface area contributed by atoms with E-state index in [0.29, 0.717) is 0 Å². The standard InChI is InChI=1S/C16H16N2O6S2/c1-13(17-23-25(19,20)15-9-5-3-6-10-15)14(2)18-24-26(21,22)16-11-7-4-8-12-16/h3-12H,1-2H3. The van der Waals surface area contributed by atoms with Crippen LogP contribution in [0, 0.1) is 0 Å². The molecule has 26 heavy (non-hydrogen) atoms. The molecule has 0 spiro atoms. The Morgan fingerprint density at radius 2 is 0.962 bits per heavy atom. The molecule has 138 valence electrons. The lowest BCUT2D eigenvalue weighted by molar-refractivity contribution is 0.334. The number of benzene rings is 2. The summed E-state index contributed by atoms with van der Waals surface area (Å²) in [5, 5.41) is 6.94. The van der Waals surface area contributed by atoms with E-state index in [0.717, 1.165) is 0 Å². The van der Waals surface area contributed by atoms with E-state index >= 15 is 0 Å². The maximum absolute atomic E-state index is 12.0. The minimum absolute atomic E-state index is 0.0350. The Bertz CT molecular complexity index is 929. The highest BCUT2D eigenvalue weighted by molar-refractivity contribution is 7.87. The largest absolute Gasteiger partial charge is 0.358 e. The van der Waals surface area contributed by atoms with Gasteiger partial charge in [-0.05, 0) is 38.1 Å². The topological polar surface area (TPSA) is 111 Å². The third kappa shape index (κ3) is 5.14. The van der Waals surface area contributed by atoms with Crippen LogP contribution in [0.5, 0.6) is 0 Å². The minimum Gasteiger partial charge on any atom is -0.264 e. The van der Waals surface area contributed by atoms with E-state index in [2.05, 4.69) is 18.9 Å². The molecule has 0 fully saturated rings. The fraction of sp³-hybridized carbons (Fsp3) is 0.125. The van der Waals surface area contributed by atoms with Gasteiger partial charge in [0.25, 0.3) is 0 Å². The zero-order valence-corrected chi connectivity index (χ0v) is 15.6. The Morgan fingerprint density at radius 3 is 1.27 bits per heavy atom. The van der Waals surface area contributed by atoms with Gasteiger partial charge in [0.15, 0.2) is 0 Å². The molecule has 0 heterocycles. The Balaban J connectivity index is 2.10. The van der Waals surface area contributed by atoms with Crippen molar-refractivity contribution in [3.05, 3.63) is 60.7 Å². The molecule has 2 aromatic rings. The Kier molecular flexibility index (Phi) is 6.11. The third-order valence-corrected chi connectivity index (χ3v) is 5.37. The average molecular weight is 396 g/mol. The molecule has 10 heteroatoms. The van der Waals surface area contributed by atoms with Crippen molar-refractivity contribution in [1.82, 2.24) is 0 Å². The summed E-state index contributed by atoms with van der Waals surface area (Å²) in [5.41, 5.74) is 0.0699. The van der Waals surface area contributed by atoms with Crippen molar-refractivity contribution in [2.24, 2.45) is 10.3 Å².